The largest absolute Gasteiger partial charge is 0.321 e. The van der Waals surface area contributed by atoms with E-state index in [4.69, 9.17) is 6.57 Å². The summed E-state index contributed by atoms with van der Waals surface area (Å²) in [5.74, 6) is -0.0854. The Morgan fingerprint density at radius 2 is 2.07 bits per heavy atom. The second kappa shape index (κ2) is 2.58. The highest BCUT2D eigenvalue weighted by Crippen LogP contribution is 2.37. The van der Waals surface area contributed by atoms with Crippen molar-refractivity contribution in [2.75, 3.05) is 5.32 Å². The number of hydrogen-bond donors (Lipinski definition) is 1. The van der Waals surface area contributed by atoms with Crippen LogP contribution in [0.1, 0.15) is 10.4 Å². The van der Waals surface area contributed by atoms with Gasteiger partial charge in [-0.25, -0.2) is 4.85 Å². The number of amides is 1. The van der Waals surface area contributed by atoms with Crippen LogP contribution in [-0.2, 0) is 0 Å². The SMILES string of the molecule is [C-]#[N+]c1ccc2c3c(cccc13)C(=O)N2. The van der Waals surface area contributed by atoms with Crippen LogP contribution >= 0.6 is 0 Å². The van der Waals surface area contributed by atoms with E-state index in [1.807, 2.05) is 6.07 Å². The van der Waals surface area contributed by atoms with Crippen molar-refractivity contribution < 1.29 is 4.79 Å². The molecule has 0 fully saturated rings. The zero-order valence-electron chi connectivity index (χ0n) is 7.74. The first-order valence-electron chi connectivity index (χ1n) is 4.56. The summed E-state index contributed by atoms with van der Waals surface area (Å²) in [5.41, 5.74) is 2.05. The quantitative estimate of drug-likeness (QED) is 0.642. The van der Waals surface area contributed by atoms with Crippen molar-refractivity contribution in [2.24, 2.45) is 0 Å². The van der Waals surface area contributed by atoms with Crippen LogP contribution in [0.4, 0.5) is 11.4 Å². The number of anilines is 1. The monoisotopic (exact) mass is 194 g/mol. The van der Waals surface area contributed by atoms with Gasteiger partial charge in [-0.15, -0.1) is 0 Å². The molecule has 1 heterocycles. The van der Waals surface area contributed by atoms with Crippen molar-refractivity contribution in [3.8, 4) is 0 Å². The number of nitrogens with zero attached hydrogens (tertiary/aromatic N) is 1. The van der Waals surface area contributed by atoms with Crippen LogP contribution in [0.25, 0.3) is 15.6 Å². The van der Waals surface area contributed by atoms with Crippen molar-refractivity contribution in [1.82, 2.24) is 0 Å². The molecule has 15 heavy (non-hydrogen) atoms. The van der Waals surface area contributed by atoms with Crippen molar-refractivity contribution in [3.05, 3.63) is 47.3 Å². The molecule has 1 aliphatic rings. The average molecular weight is 194 g/mol. The molecule has 2 aromatic carbocycles. The van der Waals surface area contributed by atoms with Crippen molar-refractivity contribution in [2.45, 2.75) is 0 Å². The van der Waals surface area contributed by atoms with Gasteiger partial charge in [0.05, 0.1) is 6.57 Å². The summed E-state index contributed by atoms with van der Waals surface area (Å²) in [6.07, 6.45) is 0. The molecule has 0 bridgehead atoms. The van der Waals surface area contributed by atoms with Crippen LogP contribution < -0.4 is 5.32 Å². The molecule has 0 aliphatic carbocycles. The van der Waals surface area contributed by atoms with Gasteiger partial charge in [0, 0.05) is 16.6 Å². The lowest BCUT2D eigenvalue weighted by Gasteiger charge is -2.01. The number of benzene rings is 2. The van der Waals surface area contributed by atoms with Gasteiger partial charge in [-0.2, -0.15) is 0 Å². The van der Waals surface area contributed by atoms with Crippen LogP contribution in [0.3, 0.4) is 0 Å². The molecule has 0 radical (unpaired) electrons. The maximum atomic E-state index is 11.6. The normalized spacial score (nSPS) is 12.6. The molecule has 70 valence electrons. The van der Waals surface area contributed by atoms with Gasteiger partial charge in [0.1, 0.15) is 0 Å². The first-order valence-corrected chi connectivity index (χ1v) is 4.56. The Morgan fingerprint density at radius 1 is 1.20 bits per heavy atom. The lowest BCUT2D eigenvalue weighted by molar-refractivity contribution is 0.103. The highest BCUT2D eigenvalue weighted by atomic mass is 16.1. The molecular weight excluding hydrogens is 188 g/mol. The molecule has 1 N–H and O–H groups in total. The third-order valence-corrected chi connectivity index (χ3v) is 2.63. The summed E-state index contributed by atoms with van der Waals surface area (Å²) < 4.78 is 0. The topological polar surface area (TPSA) is 33.5 Å². The van der Waals surface area contributed by atoms with Crippen molar-refractivity contribution in [1.29, 1.82) is 0 Å². The molecule has 1 amide bonds. The standard InChI is InChI=1S/C12H6N2O/c1-13-9-5-6-10-11-7(9)3-2-4-8(11)12(15)14-10/h2-6H,(H,14,15). The van der Waals surface area contributed by atoms with Gasteiger partial charge in [-0.3, -0.25) is 4.79 Å². The molecule has 3 nitrogen and oxygen atoms in total. The van der Waals surface area contributed by atoms with Gasteiger partial charge in [0.2, 0.25) is 0 Å². The van der Waals surface area contributed by atoms with Crippen molar-refractivity contribution >= 4 is 28.1 Å². The second-order valence-corrected chi connectivity index (χ2v) is 3.43. The molecule has 0 atom stereocenters. The number of hydrogen-bond acceptors (Lipinski definition) is 1. The highest BCUT2D eigenvalue weighted by Gasteiger charge is 2.21. The van der Waals surface area contributed by atoms with Crippen LogP contribution in [-0.4, -0.2) is 5.91 Å². The van der Waals surface area contributed by atoms with E-state index in [0.717, 1.165) is 16.5 Å². The Labute approximate surface area is 86.2 Å². The predicted molar refractivity (Wildman–Crippen MR) is 58.2 cm³/mol. The molecule has 3 rings (SSSR count). The van der Waals surface area contributed by atoms with E-state index in [1.54, 1.807) is 24.3 Å². The minimum Gasteiger partial charge on any atom is -0.321 e. The van der Waals surface area contributed by atoms with E-state index < -0.39 is 0 Å². The third kappa shape index (κ3) is 0.906. The van der Waals surface area contributed by atoms with E-state index in [2.05, 4.69) is 10.2 Å². The average Bonchev–Trinajstić information content (AvgIpc) is 2.59. The fourth-order valence-corrected chi connectivity index (χ4v) is 1.97. The van der Waals surface area contributed by atoms with Gasteiger partial charge in [0.25, 0.3) is 5.91 Å². The number of carbonyl (C=O) groups excluding carboxylic acids is 1. The zero-order chi connectivity index (χ0) is 10.4. The van der Waals surface area contributed by atoms with E-state index >= 15 is 0 Å². The summed E-state index contributed by atoms with van der Waals surface area (Å²) in [4.78, 5) is 15.0. The van der Waals surface area contributed by atoms with Gasteiger partial charge in [-0.05, 0) is 17.5 Å². The van der Waals surface area contributed by atoms with Gasteiger partial charge in [0.15, 0.2) is 5.69 Å². The van der Waals surface area contributed by atoms with E-state index in [1.165, 1.54) is 0 Å². The fraction of sp³-hybridized carbons (Fsp3) is 0. The molecule has 0 saturated carbocycles. The Morgan fingerprint density at radius 3 is 2.87 bits per heavy atom. The Kier molecular flexibility index (Phi) is 1.38. The summed E-state index contributed by atoms with van der Waals surface area (Å²) in [6, 6.07) is 8.98. The van der Waals surface area contributed by atoms with Gasteiger partial charge >= 0.3 is 0 Å². The maximum Gasteiger partial charge on any atom is 0.256 e. The predicted octanol–water partition coefficient (Wildman–Crippen LogP) is 2.96. The van der Waals surface area contributed by atoms with E-state index in [9.17, 15) is 4.79 Å². The van der Waals surface area contributed by atoms with E-state index in [-0.39, 0.29) is 5.91 Å². The lowest BCUT2D eigenvalue weighted by Crippen LogP contribution is -2.03. The van der Waals surface area contributed by atoms with Crippen LogP contribution in [0.2, 0.25) is 0 Å². The Hall–Kier alpha value is -2.34. The number of carbonyl (C=O) groups is 1. The summed E-state index contributed by atoms with van der Waals surface area (Å²) in [5, 5.41) is 4.50. The first kappa shape index (κ1) is 8.01. The van der Waals surface area contributed by atoms with Crippen LogP contribution in [0.15, 0.2) is 30.3 Å². The highest BCUT2D eigenvalue weighted by molar-refractivity contribution is 6.25. The molecule has 0 saturated heterocycles. The summed E-state index contributed by atoms with van der Waals surface area (Å²) in [6.45, 7) is 7.06. The van der Waals surface area contributed by atoms with Crippen molar-refractivity contribution in [3.63, 3.8) is 0 Å². The summed E-state index contributed by atoms with van der Waals surface area (Å²) >= 11 is 0. The molecule has 2 aromatic rings. The third-order valence-electron chi connectivity index (χ3n) is 2.63. The zero-order valence-corrected chi connectivity index (χ0v) is 7.74. The molecular formula is C12H6N2O. The van der Waals surface area contributed by atoms with Crippen LogP contribution in [0.5, 0.6) is 0 Å². The Bertz CT molecular complexity index is 638. The van der Waals surface area contributed by atoms with Gasteiger partial charge in [-0.1, -0.05) is 18.2 Å². The fourth-order valence-electron chi connectivity index (χ4n) is 1.97. The Balaban J connectivity index is 2.57. The minimum atomic E-state index is -0.0854. The summed E-state index contributed by atoms with van der Waals surface area (Å²) in [7, 11) is 0. The number of rotatable bonds is 0. The van der Waals surface area contributed by atoms with E-state index in [0.29, 0.717) is 11.3 Å². The molecule has 3 heteroatoms. The maximum absolute atomic E-state index is 11.6. The molecule has 0 aromatic heterocycles. The second-order valence-electron chi connectivity index (χ2n) is 3.43. The molecule has 0 spiro atoms. The first-order chi connectivity index (χ1) is 7.31. The van der Waals surface area contributed by atoms with Gasteiger partial charge < -0.3 is 5.32 Å². The molecule has 0 unspecified atom stereocenters. The lowest BCUT2D eigenvalue weighted by atomic mass is 10.0. The van der Waals surface area contributed by atoms with Crippen LogP contribution in [0, 0.1) is 6.57 Å². The smallest absolute Gasteiger partial charge is 0.256 e. The molecule has 1 aliphatic heterocycles. The number of nitrogens with one attached hydrogen (secondary N) is 1. The minimum absolute atomic E-state index is 0.0854.